The van der Waals surface area contributed by atoms with Crippen molar-refractivity contribution in [2.45, 2.75) is 38.3 Å². The van der Waals surface area contributed by atoms with E-state index in [9.17, 15) is 14.3 Å². The minimum absolute atomic E-state index is 0.0689. The van der Waals surface area contributed by atoms with E-state index in [0.717, 1.165) is 25.3 Å². The first kappa shape index (κ1) is 13.8. The monoisotopic (exact) mass is 266 g/mol. The number of aromatic hydroxyl groups is 1. The Hall–Kier alpha value is -1.62. The van der Waals surface area contributed by atoms with Gasteiger partial charge in [-0.3, -0.25) is 4.79 Å². The molecule has 1 saturated carbocycles. The molecule has 19 heavy (non-hydrogen) atoms. The maximum atomic E-state index is 13.0. The second-order valence-corrected chi connectivity index (χ2v) is 4.94. The number of phenolic OH excluding ortho intramolecular Hbond substituents is 1. The molecule has 2 rings (SSSR count). The van der Waals surface area contributed by atoms with Crippen LogP contribution in [0.25, 0.3) is 0 Å². The SMILES string of the molecule is O=C(CCCNCc1cc(O)cc(F)c1)NC1CC1. The normalized spacial score (nSPS) is 14.4. The van der Waals surface area contributed by atoms with Gasteiger partial charge in [-0.05, 0) is 43.5 Å². The fourth-order valence-electron chi connectivity index (χ4n) is 1.87. The Balaban J connectivity index is 1.59. The Morgan fingerprint density at radius 1 is 1.37 bits per heavy atom. The van der Waals surface area contributed by atoms with Gasteiger partial charge in [0.2, 0.25) is 5.91 Å². The second kappa shape index (κ2) is 6.52. The molecule has 0 radical (unpaired) electrons. The van der Waals surface area contributed by atoms with E-state index >= 15 is 0 Å². The van der Waals surface area contributed by atoms with Crippen molar-refractivity contribution in [3.63, 3.8) is 0 Å². The quantitative estimate of drug-likeness (QED) is 0.658. The van der Waals surface area contributed by atoms with Gasteiger partial charge in [-0.15, -0.1) is 0 Å². The van der Waals surface area contributed by atoms with Gasteiger partial charge in [0.1, 0.15) is 11.6 Å². The predicted molar refractivity (Wildman–Crippen MR) is 70.2 cm³/mol. The third-order valence-corrected chi connectivity index (χ3v) is 2.97. The summed E-state index contributed by atoms with van der Waals surface area (Å²) < 4.78 is 13.0. The molecule has 1 amide bonds. The van der Waals surface area contributed by atoms with E-state index in [2.05, 4.69) is 10.6 Å². The Kier molecular flexibility index (Phi) is 4.74. The number of hydrogen-bond donors (Lipinski definition) is 3. The highest BCUT2D eigenvalue weighted by atomic mass is 19.1. The molecule has 4 nitrogen and oxygen atoms in total. The summed E-state index contributed by atoms with van der Waals surface area (Å²) in [6.45, 7) is 1.17. The number of carbonyl (C=O) groups is 1. The fourth-order valence-corrected chi connectivity index (χ4v) is 1.87. The Morgan fingerprint density at radius 2 is 2.16 bits per heavy atom. The minimum atomic E-state index is -0.444. The van der Waals surface area contributed by atoms with Crippen molar-refractivity contribution in [2.75, 3.05) is 6.54 Å². The summed E-state index contributed by atoms with van der Waals surface area (Å²) >= 11 is 0. The molecule has 0 heterocycles. The lowest BCUT2D eigenvalue weighted by atomic mass is 10.2. The van der Waals surface area contributed by atoms with Crippen LogP contribution in [0.5, 0.6) is 5.75 Å². The first-order valence-electron chi connectivity index (χ1n) is 6.62. The third-order valence-electron chi connectivity index (χ3n) is 2.97. The zero-order valence-corrected chi connectivity index (χ0v) is 10.8. The van der Waals surface area contributed by atoms with Crippen molar-refractivity contribution >= 4 is 5.91 Å². The molecule has 0 saturated heterocycles. The molecule has 0 bridgehead atoms. The van der Waals surface area contributed by atoms with Gasteiger partial charge in [-0.25, -0.2) is 4.39 Å². The van der Waals surface area contributed by atoms with Crippen LogP contribution in [0.1, 0.15) is 31.2 Å². The van der Waals surface area contributed by atoms with Gasteiger partial charge in [0.05, 0.1) is 0 Å². The zero-order valence-electron chi connectivity index (χ0n) is 10.8. The molecule has 1 fully saturated rings. The summed E-state index contributed by atoms with van der Waals surface area (Å²) in [6, 6.07) is 4.39. The van der Waals surface area contributed by atoms with E-state index in [-0.39, 0.29) is 11.7 Å². The Morgan fingerprint density at radius 3 is 2.84 bits per heavy atom. The standard InChI is InChI=1S/C14H19FN2O2/c15-11-6-10(7-13(18)8-11)9-16-5-1-2-14(19)17-12-3-4-12/h6-8,12,16,18H,1-5,9H2,(H,17,19). The van der Waals surface area contributed by atoms with Crippen molar-refractivity contribution in [1.29, 1.82) is 0 Å². The van der Waals surface area contributed by atoms with Crippen LogP contribution in [0, 0.1) is 5.82 Å². The molecule has 104 valence electrons. The summed E-state index contributed by atoms with van der Waals surface area (Å²) in [5.41, 5.74) is 0.694. The van der Waals surface area contributed by atoms with E-state index in [1.165, 1.54) is 12.1 Å². The fraction of sp³-hybridized carbons (Fsp3) is 0.500. The molecule has 1 aliphatic carbocycles. The third kappa shape index (κ3) is 5.26. The lowest BCUT2D eigenvalue weighted by Crippen LogP contribution is -2.26. The number of halogens is 1. The van der Waals surface area contributed by atoms with Gasteiger partial charge in [0.25, 0.3) is 0 Å². The summed E-state index contributed by atoms with van der Waals surface area (Å²) in [5, 5.41) is 15.3. The van der Waals surface area contributed by atoms with Crippen molar-refractivity contribution in [3.8, 4) is 5.75 Å². The van der Waals surface area contributed by atoms with Crippen LogP contribution in [-0.4, -0.2) is 23.6 Å². The van der Waals surface area contributed by atoms with Crippen molar-refractivity contribution in [1.82, 2.24) is 10.6 Å². The Bertz CT molecular complexity index is 427. The molecule has 5 heteroatoms. The van der Waals surface area contributed by atoms with Gasteiger partial charge >= 0.3 is 0 Å². The first-order valence-corrected chi connectivity index (χ1v) is 6.62. The number of benzene rings is 1. The van der Waals surface area contributed by atoms with Gasteiger partial charge in [0.15, 0.2) is 0 Å². The molecular weight excluding hydrogens is 247 g/mol. The molecule has 1 aromatic carbocycles. The molecule has 0 aliphatic heterocycles. The molecular formula is C14H19FN2O2. The van der Waals surface area contributed by atoms with Gasteiger partial charge < -0.3 is 15.7 Å². The number of carbonyl (C=O) groups excluding carboxylic acids is 1. The lowest BCUT2D eigenvalue weighted by molar-refractivity contribution is -0.121. The average molecular weight is 266 g/mol. The molecule has 1 aliphatic rings. The molecule has 0 aromatic heterocycles. The highest BCUT2D eigenvalue weighted by Crippen LogP contribution is 2.18. The maximum Gasteiger partial charge on any atom is 0.220 e. The van der Waals surface area contributed by atoms with Crippen LogP contribution in [0.4, 0.5) is 4.39 Å². The van der Waals surface area contributed by atoms with E-state index < -0.39 is 5.82 Å². The number of amides is 1. The summed E-state index contributed by atoms with van der Waals surface area (Å²) in [6.07, 6.45) is 3.47. The molecule has 3 N–H and O–H groups in total. The van der Waals surface area contributed by atoms with Crippen LogP contribution in [0.15, 0.2) is 18.2 Å². The lowest BCUT2D eigenvalue weighted by Gasteiger charge is -2.06. The van der Waals surface area contributed by atoms with E-state index in [1.807, 2.05) is 0 Å². The Labute approximate surface area is 112 Å². The van der Waals surface area contributed by atoms with Gasteiger partial charge in [-0.1, -0.05) is 0 Å². The van der Waals surface area contributed by atoms with E-state index in [1.54, 1.807) is 0 Å². The minimum Gasteiger partial charge on any atom is -0.508 e. The van der Waals surface area contributed by atoms with Crippen molar-refractivity contribution in [3.05, 3.63) is 29.6 Å². The summed E-state index contributed by atoms with van der Waals surface area (Å²) in [4.78, 5) is 11.4. The van der Waals surface area contributed by atoms with Crippen molar-refractivity contribution < 1.29 is 14.3 Å². The van der Waals surface area contributed by atoms with Crippen LogP contribution in [0.3, 0.4) is 0 Å². The molecule has 0 spiro atoms. The summed E-state index contributed by atoms with van der Waals surface area (Å²) in [7, 11) is 0. The smallest absolute Gasteiger partial charge is 0.220 e. The van der Waals surface area contributed by atoms with E-state index in [4.69, 9.17) is 0 Å². The van der Waals surface area contributed by atoms with Crippen LogP contribution in [-0.2, 0) is 11.3 Å². The van der Waals surface area contributed by atoms with Crippen LogP contribution in [0.2, 0.25) is 0 Å². The van der Waals surface area contributed by atoms with Gasteiger partial charge in [0, 0.05) is 25.1 Å². The average Bonchev–Trinajstić information content (AvgIpc) is 3.11. The number of rotatable bonds is 7. The number of nitrogens with one attached hydrogen (secondary N) is 2. The summed E-state index contributed by atoms with van der Waals surface area (Å²) in [5.74, 6) is -0.408. The van der Waals surface area contributed by atoms with Crippen LogP contribution >= 0.6 is 0 Å². The number of hydrogen-bond acceptors (Lipinski definition) is 3. The van der Waals surface area contributed by atoms with E-state index in [0.29, 0.717) is 31.1 Å². The van der Waals surface area contributed by atoms with Crippen LogP contribution < -0.4 is 10.6 Å². The largest absolute Gasteiger partial charge is 0.508 e. The van der Waals surface area contributed by atoms with Gasteiger partial charge in [-0.2, -0.15) is 0 Å². The predicted octanol–water partition coefficient (Wildman–Crippen LogP) is 1.68. The first-order chi connectivity index (χ1) is 9.13. The van der Waals surface area contributed by atoms with Crippen molar-refractivity contribution in [2.24, 2.45) is 0 Å². The molecule has 1 aromatic rings. The molecule has 0 unspecified atom stereocenters. The highest BCUT2D eigenvalue weighted by Gasteiger charge is 2.22. The topological polar surface area (TPSA) is 61.4 Å². The second-order valence-electron chi connectivity index (χ2n) is 4.94. The zero-order chi connectivity index (χ0) is 13.7. The molecule has 0 atom stereocenters. The maximum absolute atomic E-state index is 13.0. The highest BCUT2D eigenvalue weighted by molar-refractivity contribution is 5.76. The number of phenols is 1.